The van der Waals surface area contributed by atoms with E-state index in [1.165, 1.54) is 12.1 Å². The molecule has 1 heterocycles. The van der Waals surface area contributed by atoms with Gasteiger partial charge in [0.15, 0.2) is 5.96 Å². The third kappa shape index (κ3) is 8.77. The van der Waals surface area contributed by atoms with Crippen LogP contribution in [0.3, 0.4) is 0 Å². The van der Waals surface area contributed by atoms with E-state index in [9.17, 15) is 14.9 Å². The Hall–Kier alpha value is -2.68. The molecule has 1 aliphatic heterocycles. The molecule has 9 heteroatoms. The van der Waals surface area contributed by atoms with Gasteiger partial charge in [-0.15, -0.1) is 0 Å². The zero-order chi connectivity index (χ0) is 21.6. The van der Waals surface area contributed by atoms with E-state index >= 15 is 0 Å². The van der Waals surface area contributed by atoms with Crippen LogP contribution in [-0.4, -0.2) is 61.6 Å². The first-order valence-corrected chi connectivity index (χ1v) is 10.6. The normalized spacial score (nSPS) is 15.0. The molecule has 0 radical (unpaired) electrons. The summed E-state index contributed by atoms with van der Waals surface area (Å²) in [5.74, 6) is 0.948. The number of methoxy groups -OCH3 is 1. The molecule has 0 unspecified atom stereocenters. The Kier molecular flexibility index (Phi) is 10.6. The number of carbonyl (C=O) groups is 1. The topological polar surface area (TPSA) is 109 Å². The number of benzene rings is 1. The number of hydrogen-bond donors (Lipinski definition) is 2. The number of ether oxygens (including phenoxy) is 1. The van der Waals surface area contributed by atoms with Crippen molar-refractivity contribution in [3.63, 3.8) is 0 Å². The Morgan fingerprint density at radius 2 is 1.90 bits per heavy atom. The Balaban J connectivity index is 1.83. The summed E-state index contributed by atoms with van der Waals surface area (Å²) in [4.78, 5) is 29.0. The van der Waals surface area contributed by atoms with Crippen LogP contribution in [0.25, 0.3) is 0 Å². The van der Waals surface area contributed by atoms with Crippen molar-refractivity contribution in [1.29, 1.82) is 0 Å². The van der Waals surface area contributed by atoms with Crippen LogP contribution in [0.4, 0.5) is 5.69 Å². The van der Waals surface area contributed by atoms with Crippen molar-refractivity contribution >= 4 is 17.6 Å². The molecule has 1 saturated heterocycles. The number of amides is 1. The number of guanidine groups is 1. The smallest absolute Gasteiger partial charge is 0.269 e. The number of nitro benzene ring substituents is 1. The number of rotatable bonds is 11. The molecule has 2 N–H and O–H groups in total. The molecular formula is C21H33N5O4. The first-order valence-electron chi connectivity index (χ1n) is 10.6. The second-order valence-corrected chi connectivity index (χ2v) is 7.33. The van der Waals surface area contributed by atoms with E-state index in [2.05, 4.69) is 15.6 Å². The van der Waals surface area contributed by atoms with Gasteiger partial charge in [0.1, 0.15) is 0 Å². The van der Waals surface area contributed by atoms with Crippen LogP contribution in [0, 0.1) is 10.1 Å². The molecular weight excluding hydrogens is 386 g/mol. The number of aliphatic imine (C=N–C) groups is 1. The lowest BCUT2D eigenvalue weighted by Crippen LogP contribution is -2.40. The van der Waals surface area contributed by atoms with Crippen molar-refractivity contribution in [2.24, 2.45) is 4.99 Å². The monoisotopic (exact) mass is 419 g/mol. The van der Waals surface area contributed by atoms with Crippen molar-refractivity contribution in [3.8, 4) is 0 Å². The Morgan fingerprint density at radius 3 is 2.60 bits per heavy atom. The third-order valence-corrected chi connectivity index (χ3v) is 4.95. The summed E-state index contributed by atoms with van der Waals surface area (Å²) < 4.78 is 5.08. The average Bonchev–Trinajstić information content (AvgIpc) is 2.96. The van der Waals surface area contributed by atoms with E-state index in [4.69, 9.17) is 4.74 Å². The molecule has 1 aromatic rings. The van der Waals surface area contributed by atoms with E-state index in [0.717, 1.165) is 57.3 Å². The van der Waals surface area contributed by atoms with Gasteiger partial charge in [0.25, 0.3) is 5.69 Å². The number of hydrogen-bond acceptors (Lipinski definition) is 5. The minimum atomic E-state index is -0.410. The first-order chi connectivity index (χ1) is 14.6. The van der Waals surface area contributed by atoms with Crippen molar-refractivity contribution in [2.45, 2.75) is 45.1 Å². The number of nitrogens with one attached hydrogen (secondary N) is 2. The van der Waals surface area contributed by atoms with Crippen LogP contribution >= 0.6 is 0 Å². The summed E-state index contributed by atoms with van der Waals surface area (Å²) in [6.45, 7) is 4.13. The van der Waals surface area contributed by atoms with Crippen LogP contribution in [0.2, 0.25) is 0 Å². The van der Waals surface area contributed by atoms with Crippen LogP contribution in [0.15, 0.2) is 29.3 Å². The second kappa shape index (κ2) is 13.5. The number of non-ortho nitro benzene ring substituents is 1. The number of nitrogens with zero attached hydrogens (tertiary/aromatic N) is 3. The maximum Gasteiger partial charge on any atom is 0.269 e. The predicted molar refractivity (Wildman–Crippen MR) is 116 cm³/mol. The summed E-state index contributed by atoms with van der Waals surface area (Å²) in [6.07, 6.45) is 5.58. The van der Waals surface area contributed by atoms with Gasteiger partial charge < -0.3 is 20.3 Å². The van der Waals surface area contributed by atoms with Crippen molar-refractivity contribution in [2.75, 3.05) is 39.9 Å². The van der Waals surface area contributed by atoms with E-state index in [-0.39, 0.29) is 11.6 Å². The van der Waals surface area contributed by atoms with Gasteiger partial charge in [0.2, 0.25) is 5.91 Å². The predicted octanol–water partition coefficient (Wildman–Crippen LogP) is 2.46. The zero-order valence-electron chi connectivity index (χ0n) is 17.8. The van der Waals surface area contributed by atoms with Gasteiger partial charge in [-0.25, -0.2) is 4.99 Å². The molecule has 1 aliphatic rings. The Bertz CT molecular complexity index is 693. The van der Waals surface area contributed by atoms with Gasteiger partial charge in [-0.3, -0.25) is 14.9 Å². The lowest BCUT2D eigenvalue weighted by Gasteiger charge is -2.21. The standard InChI is InChI=1S/C21H33N5O4/c1-30-16-6-13-23-21(24-17-18-8-10-19(11-9-18)26(28)29)22-12-5-15-25-14-4-2-3-7-20(25)27/h8-11H,2-7,12-17H2,1H3,(H2,22,23,24). The van der Waals surface area contributed by atoms with E-state index in [0.29, 0.717) is 32.1 Å². The fourth-order valence-electron chi connectivity index (χ4n) is 3.24. The van der Waals surface area contributed by atoms with Crippen molar-refractivity contribution in [3.05, 3.63) is 39.9 Å². The van der Waals surface area contributed by atoms with Gasteiger partial charge in [-0.05, 0) is 31.2 Å². The molecule has 0 bridgehead atoms. The molecule has 166 valence electrons. The second-order valence-electron chi connectivity index (χ2n) is 7.33. The molecule has 9 nitrogen and oxygen atoms in total. The van der Waals surface area contributed by atoms with Crippen LogP contribution in [-0.2, 0) is 16.1 Å². The van der Waals surface area contributed by atoms with E-state index in [1.807, 2.05) is 4.90 Å². The fraction of sp³-hybridized carbons (Fsp3) is 0.619. The summed E-state index contributed by atoms with van der Waals surface area (Å²) in [5, 5.41) is 17.4. The van der Waals surface area contributed by atoms with Crippen molar-refractivity contribution < 1.29 is 14.5 Å². The minimum absolute atomic E-state index is 0.0711. The van der Waals surface area contributed by atoms with Crippen LogP contribution < -0.4 is 10.6 Å². The van der Waals surface area contributed by atoms with Gasteiger partial charge in [-0.1, -0.05) is 18.6 Å². The number of nitro groups is 1. The molecule has 1 fully saturated rings. The first kappa shape index (κ1) is 23.6. The van der Waals surface area contributed by atoms with E-state index < -0.39 is 4.92 Å². The maximum absolute atomic E-state index is 12.1. The maximum atomic E-state index is 12.1. The van der Waals surface area contributed by atoms with Gasteiger partial charge in [-0.2, -0.15) is 0 Å². The van der Waals surface area contributed by atoms with Gasteiger partial charge in [0.05, 0.1) is 11.5 Å². The molecule has 0 aromatic heterocycles. The largest absolute Gasteiger partial charge is 0.385 e. The number of carbonyl (C=O) groups excluding carboxylic acids is 1. The number of likely N-dealkylation sites (tertiary alicyclic amines) is 1. The Morgan fingerprint density at radius 1 is 1.17 bits per heavy atom. The third-order valence-electron chi connectivity index (χ3n) is 4.95. The highest BCUT2D eigenvalue weighted by molar-refractivity contribution is 5.79. The van der Waals surface area contributed by atoms with Gasteiger partial charge >= 0.3 is 0 Å². The minimum Gasteiger partial charge on any atom is -0.385 e. The molecule has 1 amide bonds. The molecule has 0 atom stereocenters. The summed E-state index contributed by atoms with van der Waals surface area (Å²) in [6, 6.07) is 6.41. The Labute approximate surface area is 178 Å². The average molecular weight is 420 g/mol. The highest BCUT2D eigenvalue weighted by Crippen LogP contribution is 2.13. The highest BCUT2D eigenvalue weighted by Gasteiger charge is 2.15. The molecule has 0 spiro atoms. The fourth-order valence-corrected chi connectivity index (χ4v) is 3.24. The molecule has 0 aliphatic carbocycles. The molecule has 1 aromatic carbocycles. The quantitative estimate of drug-likeness (QED) is 0.187. The van der Waals surface area contributed by atoms with Crippen LogP contribution in [0.5, 0.6) is 0 Å². The van der Waals surface area contributed by atoms with Gasteiger partial charge in [0, 0.05) is 58.4 Å². The lowest BCUT2D eigenvalue weighted by atomic mass is 10.2. The zero-order valence-corrected chi connectivity index (χ0v) is 17.8. The lowest BCUT2D eigenvalue weighted by molar-refractivity contribution is -0.384. The molecule has 2 rings (SSSR count). The SMILES string of the molecule is COCCCNC(=NCc1ccc([N+](=O)[O-])cc1)NCCCN1CCCCCC1=O. The summed E-state index contributed by atoms with van der Waals surface area (Å²) >= 11 is 0. The summed E-state index contributed by atoms with van der Waals surface area (Å²) in [7, 11) is 1.67. The molecule has 0 saturated carbocycles. The van der Waals surface area contributed by atoms with Crippen LogP contribution in [0.1, 0.15) is 44.1 Å². The van der Waals surface area contributed by atoms with E-state index in [1.54, 1.807) is 19.2 Å². The summed E-state index contributed by atoms with van der Waals surface area (Å²) in [5.41, 5.74) is 0.968. The highest BCUT2D eigenvalue weighted by atomic mass is 16.6. The molecule has 30 heavy (non-hydrogen) atoms. The van der Waals surface area contributed by atoms with Crippen molar-refractivity contribution in [1.82, 2.24) is 15.5 Å².